The molecule has 0 fully saturated rings. The molecule has 29 heavy (non-hydrogen) atoms. The molecule has 0 bridgehead atoms. The smallest absolute Gasteiger partial charge is 0.333 e. The molecule has 0 aromatic heterocycles. The standard InChI is InChI=1S/C20H18N2O7/c1-28-15-9-11(7-8-14(15)23)17(20(27)29-2)21-16(24)10-22-18(25)12-5-3-4-6-13(12)19(22)26/h3-9,17,23H,10H2,1-2H3,(H,21,24)/t17-/m1/s1. The predicted octanol–water partition coefficient (Wildman–Crippen LogP) is 1.03. The van der Waals surface area contributed by atoms with E-state index in [0.29, 0.717) is 5.56 Å². The zero-order valence-corrected chi connectivity index (χ0v) is 15.7. The maximum atomic E-state index is 12.5. The van der Waals surface area contributed by atoms with Gasteiger partial charge in [0.25, 0.3) is 11.8 Å². The van der Waals surface area contributed by atoms with Crippen LogP contribution in [-0.2, 0) is 14.3 Å². The quantitative estimate of drug-likeness (QED) is 0.550. The molecular formula is C20H18N2O7. The zero-order valence-electron chi connectivity index (χ0n) is 15.7. The summed E-state index contributed by atoms with van der Waals surface area (Å²) in [5.74, 6) is -2.71. The highest BCUT2D eigenvalue weighted by molar-refractivity contribution is 6.22. The second-order valence-electron chi connectivity index (χ2n) is 6.20. The molecule has 3 rings (SSSR count). The van der Waals surface area contributed by atoms with Crippen LogP contribution in [0.1, 0.15) is 32.3 Å². The van der Waals surface area contributed by atoms with Gasteiger partial charge < -0.3 is 19.9 Å². The molecule has 150 valence electrons. The Morgan fingerprint density at radius 3 is 2.24 bits per heavy atom. The molecule has 9 heteroatoms. The van der Waals surface area contributed by atoms with Gasteiger partial charge in [0.05, 0.1) is 25.3 Å². The van der Waals surface area contributed by atoms with Gasteiger partial charge in [-0.2, -0.15) is 0 Å². The lowest BCUT2D eigenvalue weighted by Gasteiger charge is -2.20. The van der Waals surface area contributed by atoms with Crippen molar-refractivity contribution >= 4 is 23.7 Å². The lowest BCUT2D eigenvalue weighted by atomic mass is 10.1. The number of phenolic OH excluding ortho intramolecular Hbond substituents is 1. The number of rotatable bonds is 6. The average molecular weight is 398 g/mol. The van der Waals surface area contributed by atoms with Crippen molar-refractivity contribution in [1.29, 1.82) is 0 Å². The van der Waals surface area contributed by atoms with Crippen molar-refractivity contribution in [2.24, 2.45) is 0 Å². The summed E-state index contributed by atoms with van der Waals surface area (Å²) in [6.45, 7) is -0.560. The molecule has 0 saturated heterocycles. The van der Waals surface area contributed by atoms with Gasteiger partial charge in [0.1, 0.15) is 6.54 Å². The Balaban J connectivity index is 1.79. The van der Waals surface area contributed by atoms with Crippen molar-refractivity contribution < 1.29 is 33.8 Å². The Morgan fingerprint density at radius 1 is 1.07 bits per heavy atom. The number of nitrogens with one attached hydrogen (secondary N) is 1. The fourth-order valence-electron chi connectivity index (χ4n) is 3.00. The van der Waals surface area contributed by atoms with Gasteiger partial charge in [0.15, 0.2) is 17.5 Å². The third-order valence-electron chi connectivity index (χ3n) is 4.46. The predicted molar refractivity (Wildman–Crippen MR) is 99.4 cm³/mol. The van der Waals surface area contributed by atoms with Gasteiger partial charge in [-0.15, -0.1) is 0 Å². The number of carbonyl (C=O) groups is 4. The molecule has 0 aliphatic carbocycles. The number of hydrogen-bond donors (Lipinski definition) is 2. The van der Waals surface area contributed by atoms with E-state index in [1.54, 1.807) is 12.1 Å². The minimum absolute atomic E-state index is 0.103. The number of benzene rings is 2. The largest absolute Gasteiger partial charge is 0.504 e. The fourth-order valence-corrected chi connectivity index (χ4v) is 3.00. The minimum Gasteiger partial charge on any atom is -0.504 e. The van der Waals surface area contributed by atoms with Crippen LogP contribution in [0.25, 0.3) is 0 Å². The maximum absolute atomic E-state index is 12.5. The lowest BCUT2D eigenvalue weighted by Crippen LogP contribution is -2.43. The van der Waals surface area contributed by atoms with Gasteiger partial charge >= 0.3 is 5.97 Å². The number of aromatic hydroxyl groups is 1. The van der Waals surface area contributed by atoms with Crippen molar-refractivity contribution in [3.05, 3.63) is 59.2 Å². The van der Waals surface area contributed by atoms with Crippen molar-refractivity contribution in [2.75, 3.05) is 20.8 Å². The van der Waals surface area contributed by atoms with E-state index in [0.717, 1.165) is 12.0 Å². The Kier molecular flexibility index (Phi) is 5.49. The zero-order chi connectivity index (χ0) is 21.1. The molecule has 0 unspecified atom stereocenters. The highest BCUT2D eigenvalue weighted by Crippen LogP contribution is 2.29. The molecule has 2 aromatic rings. The number of phenols is 1. The average Bonchev–Trinajstić information content (AvgIpc) is 2.97. The molecule has 1 atom stereocenters. The summed E-state index contributed by atoms with van der Waals surface area (Å²) in [5.41, 5.74) is 0.735. The summed E-state index contributed by atoms with van der Waals surface area (Å²) >= 11 is 0. The SMILES string of the molecule is COC(=O)[C@H](NC(=O)CN1C(=O)c2ccccc2C1=O)c1ccc(O)c(OC)c1. The van der Waals surface area contributed by atoms with Crippen LogP contribution in [0, 0.1) is 0 Å². The van der Waals surface area contributed by atoms with Gasteiger partial charge in [-0.25, -0.2) is 4.79 Å². The second-order valence-corrected chi connectivity index (χ2v) is 6.20. The molecule has 2 aromatic carbocycles. The van der Waals surface area contributed by atoms with Crippen molar-refractivity contribution in [2.45, 2.75) is 6.04 Å². The first-order chi connectivity index (χ1) is 13.9. The van der Waals surface area contributed by atoms with E-state index in [-0.39, 0.29) is 22.6 Å². The summed E-state index contributed by atoms with van der Waals surface area (Å²) in [6, 6.07) is 9.14. The third kappa shape index (κ3) is 3.75. The fraction of sp³-hybridized carbons (Fsp3) is 0.200. The van der Waals surface area contributed by atoms with E-state index in [4.69, 9.17) is 9.47 Å². The number of hydrogen-bond acceptors (Lipinski definition) is 7. The second kappa shape index (κ2) is 8.01. The van der Waals surface area contributed by atoms with E-state index in [2.05, 4.69) is 5.32 Å². The number of methoxy groups -OCH3 is 2. The molecule has 0 saturated carbocycles. The summed E-state index contributed by atoms with van der Waals surface area (Å²) in [4.78, 5) is 50.3. The lowest BCUT2D eigenvalue weighted by molar-refractivity contribution is -0.145. The monoisotopic (exact) mass is 398 g/mol. The van der Waals surface area contributed by atoms with Crippen molar-refractivity contribution in [1.82, 2.24) is 10.2 Å². The van der Waals surface area contributed by atoms with E-state index in [1.165, 1.54) is 37.4 Å². The van der Waals surface area contributed by atoms with E-state index < -0.39 is 36.3 Å². The number of nitrogens with zero attached hydrogens (tertiary/aromatic N) is 1. The summed E-state index contributed by atoms with van der Waals surface area (Å²) in [7, 11) is 2.50. The van der Waals surface area contributed by atoms with Crippen LogP contribution >= 0.6 is 0 Å². The molecule has 9 nitrogen and oxygen atoms in total. The first kappa shape index (κ1) is 19.9. The minimum atomic E-state index is -1.22. The van der Waals surface area contributed by atoms with Gasteiger partial charge in [0.2, 0.25) is 5.91 Å². The van der Waals surface area contributed by atoms with Crippen LogP contribution in [-0.4, -0.2) is 54.5 Å². The topological polar surface area (TPSA) is 122 Å². The number of carbonyl (C=O) groups excluding carboxylic acids is 4. The molecule has 0 radical (unpaired) electrons. The molecule has 1 heterocycles. The highest BCUT2D eigenvalue weighted by atomic mass is 16.5. The van der Waals surface area contributed by atoms with Gasteiger partial charge in [-0.3, -0.25) is 19.3 Å². The first-order valence-electron chi connectivity index (χ1n) is 8.56. The Morgan fingerprint density at radius 2 is 1.69 bits per heavy atom. The van der Waals surface area contributed by atoms with E-state index in [1.807, 2.05) is 0 Å². The first-order valence-corrected chi connectivity index (χ1v) is 8.56. The van der Waals surface area contributed by atoms with Gasteiger partial charge in [-0.05, 0) is 29.8 Å². The van der Waals surface area contributed by atoms with Crippen molar-refractivity contribution in [3.63, 3.8) is 0 Å². The molecular weight excluding hydrogens is 380 g/mol. The number of imide groups is 1. The Bertz CT molecular complexity index is 967. The van der Waals surface area contributed by atoms with Crippen LogP contribution in [0.2, 0.25) is 0 Å². The van der Waals surface area contributed by atoms with Crippen LogP contribution < -0.4 is 10.1 Å². The normalized spacial score (nSPS) is 13.7. The highest BCUT2D eigenvalue weighted by Gasteiger charge is 2.37. The third-order valence-corrected chi connectivity index (χ3v) is 4.46. The maximum Gasteiger partial charge on any atom is 0.333 e. The van der Waals surface area contributed by atoms with Gasteiger partial charge in [-0.1, -0.05) is 18.2 Å². The van der Waals surface area contributed by atoms with Crippen LogP contribution in [0.5, 0.6) is 11.5 Å². The Hall–Kier alpha value is -3.88. The van der Waals surface area contributed by atoms with Crippen molar-refractivity contribution in [3.8, 4) is 11.5 Å². The van der Waals surface area contributed by atoms with E-state index >= 15 is 0 Å². The Labute approximate surface area is 165 Å². The molecule has 0 spiro atoms. The summed E-state index contributed by atoms with van der Waals surface area (Å²) < 4.78 is 9.74. The molecule has 2 N–H and O–H groups in total. The van der Waals surface area contributed by atoms with Crippen LogP contribution in [0.4, 0.5) is 0 Å². The number of ether oxygens (including phenoxy) is 2. The number of amides is 3. The molecule has 1 aliphatic rings. The van der Waals surface area contributed by atoms with Crippen LogP contribution in [0.15, 0.2) is 42.5 Å². The molecule has 3 amide bonds. The van der Waals surface area contributed by atoms with E-state index in [9.17, 15) is 24.3 Å². The van der Waals surface area contributed by atoms with Crippen LogP contribution in [0.3, 0.4) is 0 Å². The summed E-state index contributed by atoms with van der Waals surface area (Å²) in [6.07, 6.45) is 0. The number of esters is 1. The van der Waals surface area contributed by atoms with Gasteiger partial charge in [0, 0.05) is 0 Å². The molecule has 1 aliphatic heterocycles. The summed E-state index contributed by atoms with van der Waals surface area (Å²) in [5, 5.41) is 12.2. The number of fused-ring (bicyclic) bond motifs is 1.